The van der Waals surface area contributed by atoms with Crippen molar-refractivity contribution in [2.45, 2.75) is 122 Å². The van der Waals surface area contributed by atoms with Crippen molar-refractivity contribution >= 4 is 14.3 Å². The van der Waals surface area contributed by atoms with Gasteiger partial charge in [0.2, 0.25) is 5.79 Å². The second-order valence-corrected chi connectivity index (χ2v) is 17.3. The van der Waals surface area contributed by atoms with Gasteiger partial charge in [-0.2, -0.15) is 0 Å². The van der Waals surface area contributed by atoms with Crippen molar-refractivity contribution in [2.75, 3.05) is 20.8 Å². The van der Waals surface area contributed by atoms with Crippen molar-refractivity contribution in [3.05, 3.63) is 11.6 Å². The van der Waals surface area contributed by atoms with Crippen LogP contribution < -0.4 is 0 Å². The van der Waals surface area contributed by atoms with E-state index < -0.39 is 37.4 Å². The van der Waals surface area contributed by atoms with E-state index in [-0.39, 0.29) is 23.4 Å². The SMILES string of the molecule is COC(=O)/C=C1\C[C@@H](C[C@H]2OC(C)(C)O[C@@H]2C)O[C@@](OC)(C(C)(C)CO[Si](C)(C)C(C)(C)C)[C@H]1O. The molecular formula is C26H48O8Si. The number of ether oxygens (including phenoxy) is 5. The van der Waals surface area contributed by atoms with E-state index >= 15 is 0 Å². The van der Waals surface area contributed by atoms with E-state index in [2.05, 4.69) is 33.9 Å². The third-order valence-corrected chi connectivity index (χ3v) is 12.3. The highest BCUT2D eigenvalue weighted by atomic mass is 28.4. The molecule has 0 bridgehead atoms. The molecule has 2 aliphatic rings. The summed E-state index contributed by atoms with van der Waals surface area (Å²) in [6, 6.07) is 0. The normalized spacial score (nSPS) is 33.2. The molecule has 0 aromatic carbocycles. The van der Waals surface area contributed by atoms with Gasteiger partial charge in [-0.3, -0.25) is 0 Å². The molecule has 204 valence electrons. The molecule has 0 aromatic heterocycles. The first-order chi connectivity index (χ1) is 15.8. The molecule has 9 heteroatoms. The Bertz CT molecular complexity index is 785. The van der Waals surface area contributed by atoms with Crippen LogP contribution in [0.4, 0.5) is 0 Å². The zero-order valence-corrected chi connectivity index (χ0v) is 24.8. The average Bonchev–Trinajstić information content (AvgIpc) is 2.98. The van der Waals surface area contributed by atoms with Gasteiger partial charge in [0.05, 0.1) is 25.4 Å². The van der Waals surface area contributed by atoms with E-state index in [4.69, 9.17) is 28.1 Å². The highest BCUT2D eigenvalue weighted by Crippen LogP contribution is 2.48. The molecule has 2 saturated heterocycles. The van der Waals surface area contributed by atoms with Crippen LogP contribution in [-0.2, 0) is 32.9 Å². The van der Waals surface area contributed by atoms with Crippen LogP contribution in [-0.4, -0.2) is 76.2 Å². The lowest BCUT2D eigenvalue weighted by Gasteiger charge is -2.53. The largest absolute Gasteiger partial charge is 0.466 e. The Balaban J connectivity index is 2.41. The summed E-state index contributed by atoms with van der Waals surface area (Å²) in [5.74, 6) is -2.66. The second kappa shape index (κ2) is 10.5. The van der Waals surface area contributed by atoms with Crippen LogP contribution in [0.25, 0.3) is 0 Å². The van der Waals surface area contributed by atoms with Crippen LogP contribution >= 0.6 is 0 Å². The number of carbonyl (C=O) groups is 1. The topological polar surface area (TPSA) is 92.7 Å². The number of methoxy groups -OCH3 is 2. The molecule has 2 heterocycles. The van der Waals surface area contributed by atoms with Crippen molar-refractivity contribution in [2.24, 2.45) is 5.41 Å². The molecule has 2 aliphatic heterocycles. The minimum atomic E-state index is -2.08. The Kier molecular flexibility index (Phi) is 9.13. The molecule has 0 aliphatic carbocycles. The van der Waals surface area contributed by atoms with Gasteiger partial charge in [0.25, 0.3) is 0 Å². The molecule has 2 fully saturated rings. The number of rotatable bonds is 8. The summed E-state index contributed by atoms with van der Waals surface area (Å²) < 4.78 is 36.1. The van der Waals surface area contributed by atoms with Gasteiger partial charge in [-0.05, 0) is 50.9 Å². The average molecular weight is 517 g/mol. The van der Waals surface area contributed by atoms with Crippen LogP contribution in [0.5, 0.6) is 0 Å². The molecule has 0 spiro atoms. The molecule has 1 N–H and O–H groups in total. The maximum Gasteiger partial charge on any atom is 0.330 e. The van der Waals surface area contributed by atoms with E-state index in [9.17, 15) is 9.90 Å². The summed E-state index contributed by atoms with van der Waals surface area (Å²) in [4.78, 5) is 12.2. The van der Waals surface area contributed by atoms with E-state index in [1.807, 2.05) is 34.6 Å². The van der Waals surface area contributed by atoms with Crippen molar-refractivity contribution in [1.29, 1.82) is 0 Å². The van der Waals surface area contributed by atoms with Gasteiger partial charge in [0.15, 0.2) is 14.1 Å². The monoisotopic (exact) mass is 516 g/mol. The molecule has 0 unspecified atom stereocenters. The molecule has 0 saturated carbocycles. The van der Waals surface area contributed by atoms with Crippen LogP contribution in [0.2, 0.25) is 18.1 Å². The van der Waals surface area contributed by atoms with Crippen molar-refractivity contribution in [1.82, 2.24) is 0 Å². The third-order valence-electron chi connectivity index (χ3n) is 7.79. The van der Waals surface area contributed by atoms with Gasteiger partial charge in [0.1, 0.15) is 6.10 Å². The number of hydrogen-bond donors (Lipinski definition) is 1. The maximum atomic E-state index is 12.2. The van der Waals surface area contributed by atoms with E-state index in [1.165, 1.54) is 20.3 Å². The van der Waals surface area contributed by atoms with Crippen molar-refractivity contribution in [3.8, 4) is 0 Å². The molecule has 2 rings (SSSR count). The first kappa shape index (κ1) is 30.4. The maximum absolute atomic E-state index is 12.2. The molecule has 5 atom stereocenters. The lowest BCUT2D eigenvalue weighted by atomic mass is 9.75. The van der Waals surface area contributed by atoms with Crippen LogP contribution in [0, 0.1) is 5.41 Å². The smallest absolute Gasteiger partial charge is 0.330 e. The number of hydrogen-bond acceptors (Lipinski definition) is 8. The quantitative estimate of drug-likeness (QED) is 0.285. The predicted molar refractivity (Wildman–Crippen MR) is 136 cm³/mol. The summed E-state index contributed by atoms with van der Waals surface area (Å²) in [6.07, 6.45) is 0.305. The van der Waals surface area contributed by atoms with E-state index in [0.717, 1.165) is 0 Å². The van der Waals surface area contributed by atoms with Crippen molar-refractivity contribution in [3.63, 3.8) is 0 Å². The first-order valence-electron chi connectivity index (χ1n) is 12.5. The van der Waals surface area contributed by atoms with Gasteiger partial charge < -0.3 is 33.2 Å². The van der Waals surface area contributed by atoms with Crippen LogP contribution in [0.3, 0.4) is 0 Å². The Morgan fingerprint density at radius 3 is 2.20 bits per heavy atom. The van der Waals surface area contributed by atoms with Gasteiger partial charge in [0, 0.05) is 31.6 Å². The number of aliphatic hydroxyl groups excluding tert-OH is 1. The molecule has 0 amide bonds. The summed E-state index contributed by atoms with van der Waals surface area (Å²) in [5, 5.41) is 11.6. The number of esters is 1. The number of aliphatic hydroxyl groups is 1. The van der Waals surface area contributed by atoms with Gasteiger partial charge >= 0.3 is 5.97 Å². The van der Waals surface area contributed by atoms with Gasteiger partial charge in [-0.25, -0.2) is 4.79 Å². The summed E-state index contributed by atoms with van der Waals surface area (Å²) in [7, 11) is 0.756. The lowest BCUT2D eigenvalue weighted by Crippen LogP contribution is -2.64. The molecule has 0 aromatic rings. The summed E-state index contributed by atoms with van der Waals surface area (Å²) in [6.45, 7) is 20.9. The Labute approximate surface area is 212 Å². The highest BCUT2D eigenvalue weighted by Gasteiger charge is 2.58. The first-order valence-corrected chi connectivity index (χ1v) is 15.4. The molecule has 0 radical (unpaired) electrons. The standard InChI is InChI=1S/C26H48O8Si/c1-17-20(34-25(7,8)32-17)15-19-13-18(14-21(27)29-9)22(28)26(30-10,33-19)24(5,6)16-31-35(11,12)23(2,3)4/h14,17,19-20,22,28H,13,15-16H2,1-12H3/b18-14+/t17-,19+,20-,22+,26-/m1/s1. The fourth-order valence-electron chi connectivity index (χ4n) is 4.61. The summed E-state index contributed by atoms with van der Waals surface area (Å²) >= 11 is 0. The number of carbonyl (C=O) groups excluding carboxylic acids is 1. The fourth-order valence-corrected chi connectivity index (χ4v) is 5.76. The minimum absolute atomic E-state index is 0.0244. The predicted octanol–water partition coefficient (Wildman–Crippen LogP) is 4.56. The Morgan fingerprint density at radius 1 is 1.14 bits per heavy atom. The van der Waals surface area contributed by atoms with E-state index in [0.29, 0.717) is 25.0 Å². The van der Waals surface area contributed by atoms with Gasteiger partial charge in [-0.15, -0.1) is 0 Å². The fraction of sp³-hybridized carbons (Fsp3) is 0.885. The Morgan fingerprint density at radius 2 is 1.74 bits per heavy atom. The third kappa shape index (κ3) is 6.55. The zero-order chi connectivity index (χ0) is 27.0. The van der Waals surface area contributed by atoms with Gasteiger partial charge in [-0.1, -0.05) is 34.6 Å². The van der Waals surface area contributed by atoms with Crippen molar-refractivity contribution < 1.29 is 38.0 Å². The Hall–Kier alpha value is -0.813. The second-order valence-electron chi connectivity index (χ2n) is 12.5. The molecule has 8 nitrogen and oxygen atoms in total. The lowest BCUT2D eigenvalue weighted by molar-refractivity contribution is -0.349. The van der Waals surface area contributed by atoms with Crippen LogP contribution in [0.15, 0.2) is 11.6 Å². The van der Waals surface area contributed by atoms with E-state index in [1.54, 1.807) is 0 Å². The molecule has 35 heavy (non-hydrogen) atoms. The zero-order valence-electron chi connectivity index (χ0n) is 23.8. The minimum Gasteiger partial charge on any atom is -0.466 e. The van der Waals surface area contributed by atoms with Crippen LogP contribution in [0.1, 0.15) is 68.2 Å². The highest BCUT2D eigenvalue weighted by molar-refractivity contribution is 6.74. The molecular weight excluding hydrogens is 468 g/mol. The summed E-state index contributed by atoms with van der Waals surface area (Å²) in [5.41, 5.74) is -0.260.